The van der Waals surface area contributed by atoms with Crippen molar-refractivity contribution < 1.29 is 33.0 Å². The summed E-state index contributed by atoms with van der Waals surface area (Å²) in [5.74, 6) is 0.418. The lowest BCUT2D eigenvalue weighted by molar-refractivity contribution is -0.903. The molecule has 3 rings (SSSR count). The van der Waals surface area contributed by atoms with E-state index in [9.17, 15) is 9.59 Å². The number of hydrogen-bond acceptors (Lipinski definition) is 7. The fourth-order valence-corrected chi connectivity index (χ4v) is 4.65. The maximum absolute atomic E-state index is 12.0. The van der Waals surface area contributed by atoms with Crippen molar-refractivity contribution >= 4 is 11.9 Å². The number of methoxy groups -OCH3 is 2. The average molecular weight is 526 g/mol. The molecule has 206 valence electrons. The Morgan fingerprint density at radius 2 is 1.50 bits per heavy atom. The Balaban J connectivity index is 1.28. The van der Waals surface area contributed by atoms with Crippen LogP contribution in [0, 0.1) is 0 Å². The van der Waals surface area contributed by atoms with Crippen LogP contribution < -0.4 is 9.47 Å². The van der Waals surface area contributed by atoms with Crippen LogP contribution in [0.15, 0.2) is 54.6 Å². The monoisotopic (exact) mass is 525 g/mol. The Bertz CT molecular complexity index is 1080. The summed E-state index contributed by atoms with van der Waals surface area (Å²) in [6, 6.07) is 14.4. The van der Waals surface area contributed by atoms with Gasteiger partial charge in [-0.2, -0.15) is 0 Å². The van der Waals surface area contributed by atoms with Gasteiger partial charge in [0.2, 0.25) is 0 Å². The van der Waals surface area contributed by atoms with E-state index < -0.39 is 11.9 Å². The van der Waals surface area contributed by atoms with Gasteiger partial charge in [-0.15, -0.1) is 0 Å². The predicted molar refractivity (Wildman–Crippen MR) is 146 cm³/mol. The Morgan fingerprint density at radius 1 is 0.895 bits per heavy atom. The first-order valence-corrected chi connectivity index (χ1v) is 13.1. The number of fused-ring (bicyclic) bond motifs is 1. The Hall–Kier alpha value is -3.36. The minimum Gasteiger partial charge on any atom is -0.493 e. The van der Waals surface area contributed by atoms with Gasteiger partial charge in [0.05, 0.1) is 48.1 Å². The zero-order valence-electron chi connectivity index (χ0n) is 23.1. The van der Waals surface area contributed by atoms with E-state index in [1.54, 1.807) is 14.2 Å². The molecule has 0 spiro atoms. The maximum Gasteiger partial charge on any atom is 0.331 e. The molecule has 1 aliphatic rings. The molecule has 8 nitrogen and oxygen atoms in total. The number of nitrogens with zero attached hydrogens (tertiary/aromatic N) is 2. The van der Waals surface area contributed by atoms with Gasteiger partial charge >= 0.3 is 11.9 Å². The molecular formula is C30H41N2O6+. The van der Waals surface area contributed by atoms with Crippen molar-refractivity contribution in [3.05, 3.63) is 71.3 Å². The highest BCUT2D eigenvalue weighted by Crippen LogP contribution is 2.33. The maximum atomic E-state index is 12.0. The van der Waals surface area contributed by atoms with Gasteiger partial charge < -0.3 is 23.4 Å². The average Bonchev–Trinajstić information content (AvgIpc) is 2.91. The van der Waals surface area contributed by atoms with Gasteiger partial charge in [0, 0.05) is 43.8 Å². The van der Waals surface area contributed by atoms with E-state index in [1.807, 2.05) is 24.3 Å². The van der Waals surface area contributed by atoms with Gasteiger partial charge in [-0.1, -0.05) is 30.3 Å². The highest BCUT2D eigenvalue weighted by molar-refractivity contribution is 5.91. The first-order valence-electron chi connectivity index (χ1n) is 13.1. The topological polar surface area (TPSA) is 74.3 Å². The Morgan fingerprint density at radius 3 is 2.13 bits per heavy atom. The van der Waals surface area contributed by atoms with Gasteiger partial charge in [-0.3, -0.25) is 4.90 Å². The number of ether oxygens (including phenoxy) is 4. The number of quaternary nitrogens is 1. The molecule has 0 amide bonds. The van der Waals surface area contributed by atoms with Crippen LogP contribution in [0.3, 0.4) is 0 Å². The quantitative estimate of drug-likeness (QED) is 0.161. The van der Waals surface area contributed by atoms with Gasteiger partial charge in [0.1, 0.15) is 6.54 Å². The van der Waals surface area contributed by atoms with Crippen molar-refractivity contribution in [2.45, 2.75) is 32.4 Å². The summed E-state index contributed by atoms with van der Waals surface area (Å²) < 4.78 is 22.1. The molecule has 0 fully saturated rings. The van der Waals surface area contributed by atoms with Crippen LogP contribution >= 0.6 is 0 Å². The molecule has 0 radical (unpaired) electrons. The molecule has 8 heteroatoms. The summed E-state index contributed by atoms with van der Waals surface area (Å²) in [5.41, 5.74) is 3.78. The standard InChI is InChI=1S/C30H41N2O6/c1-32(2,23-24-10-6-5-7-11-24)17-9-19-38-30(34)13-12-29(33)37-18-8-15-31-16-14-25-20-27(35-3)28(36-4)21-26(25)22-31/h5-7,10-13,20-21H,8-9,14-19,22-23H2,1-4H3/q+1/b13-12-. The van der Waals surface area contributed by atoms with Crippen LogP contribution in [0.1, 0.15) is 29.5 Å². The van der Waals surface area contributed by atoms with Crippen molar-refractivity contribution in [1.82, 2.24) is 4.90 Å². The first-order chi connectivity index (χ1) is 18.3. The van der Waals surface area contributed by atoms with Gasteiger partial charge in [-0.25, -0.2) is 9.59 Å². The van der Waals surface area contributed by atoms with E-state index >= 15 is 0 Å². The molecule has 0 bridgehead atoms. The second kappa shape index (κ2) is 14.5. The minimum atomic E-state index is -0.538. The molecule has 1 aliphatic heterocycles. The van der Waals surface area contributed by atoms with Crippen molar-refractivity contribution in [1.29, 1.82) is 0 Å². The van der Waals surface area contributed by atoms with Crippen molar-refractivity contribution in [3.63, 3.8) is 0 Å². The molecule has 0 aliphatic carbocycles. The summed E-state index contributed by atoms with van der Waals surface area (Å²) in [6.45, 7) is 4.95. The molecule has 0 unspecified atom stereocenters. The van der Waals surface area contributed by atoms with Crippen LogP contribution in [0.4, 0.5) is 0 Å². The third-order valence-corrected chi connectivity index (χ3v) is 6.62. The van der Waals surface area contributed by atoms with Crippen molar-refractivity contribution in [2.75, 3.05) is 61.2 Å². The molecule has 0 N–H and O–H groups in total. The third kappa shape index (κ3) is 9.50. The molecule has 2 aromatic rings. The summed E-state index contributed by atoms with van der Waals surface area (Å²) in [6.07, 6.45) is 4.66. The number of rotatable bonds is 14. The number of esters is 2. The lowest BCUT2D eigenvalue weighted by atomic mass is 9.98. The van der Waals surface area contributed by atoms with E-state index in [0.717, 1.165) is 73.7 Å². The molecule has 0 saturated heterocycles. The van der Waals surface area contributed by atoms with E-state index in [1.165, 1.54) is 16.7 Å². The van der Waals surface area contributed by atoms with Crippen LogP contribution in [-0.4, -0.2) is 82.5 Å². The van der Waals surface area contributed by atoms with E-state index in [2.05, 4.69) is 37.2 Å². The SMILES string of the molecule is COc1cc2c(cc1OC)CN(CCCOC(=O)/C=C\C(=O)OCCC[N+](C)(C)Cc1ccccc1)CC2. The lowest BCUT2D eigenvalue weighted by Gasteiger charge is -2.29. The Kier molecular flexibility index (Phi) is 11.2. The predicted octanol–water partition coefficient (Wildman–Crippen LogP) is 3.76. The smallest absolute Gasteiger partial charge is 0.331 e. The molecule has 1 heterocycles. The second-order valence-electron chi connectivity index (χ2n) is 10.2. The molecular weight excluding hydrogens is 484 g/mol. The molecule has 0 aromatic heterocycles. The van der Waals surface area contributed by atoms with Gasteiger partial charge in [-0.05, 0) is 36.1 Å². The largest absolute Gasteiger partial charge is 0.493 e. The van der Waals surface area contributed by atoms with Crippen LogP contribution in [-0.2, 0) is 38.6 Å². The van der Waals surface area contributed by atoms with Gasteiger partial charge in [0.15, 0.2) is 11.5 Å². The Labute approximate surface area is 226 Å². The number of carbonyl (C=O) groups excluding carboxylic acids is 2. The molecule has 0 saturated carbocycles. The summed E-state index contributed by atoms with van der Waals surface area (Å²) in [4.78, 5) is 26.2. The highest BCUT2D eigenvalue weighted by atomic mass is 16.5. The van der Waals surface area contributed by atoms with Crippen molar-refractivity contribution in [2.24, 2.45) is 0 Å². The highest BCUT2D eigenvalue weighted by Gasteiger charge is 2.19. The fourth-order valence-electron chi connectivity index (χ4n) is 4.65. The van der Waals surface area contributed by atoms with Crippen molar-refractivity contribution in [3.8, 4) is 11.5 Å². The van der Waals surface area contributed by atoms with E-state index in [0.29, 0.717) is 19.6 Å². The molecule has 2 aromatic carbocycles. The summed E-state index contributed by atoms with van der Waals surface area (Å²) in [7, 11) is 7.60. The zero-order valence-corrected chi connectivity index (χ0v) is 23.1. The summed E-state index contributed by atoms with van der Waals surface area (Å²) in [5, 5.41) is 0. The van der Waals surface area contributed by atoms with E-state index in [4.69, 9.17) is 18.9 Å². The van der Waals surface area contributed by atoms with Crippen LogP contribution in [0.2, 0.25) is 0 Å². The second-order valence-corrected chi connectivity index (χ2v) is 10.2. The zero-order chi connectivity index (χ0) is 27.4. The fraction of sp³-hybridized carbons (Fsp3) is 0.467. The molecule has 38 heavy (non-hydrogen) atoms. The number of carbonyl (C=O) groups is 2. The van der Waals surface area contributed by atoms with E-state index in [-0.39, 0.29) is 0 Å². The van der Waals surface area contributed by atoms with Crippen LogP contribution in [0.5, 0.6) is 11.5 Å². The summed E-state index contributed by atoms with van der Waals surface area (Å²) >= 11 is 0. The number of hydrogen-bond donors (Lipinski definition) is 0. The van der Waals surface area contributed by atoms with Crippen LogP contribution in [0.25, 0.3) is 0 Å². The third-order valence-electron chi connectivity index (χ3n) is 6.62. The molecule has 0 atom stereocenters. The van der Waals surface area contributed by atoms with Gasteiger partial charge in [0.25, 0.3) is 0 Å². The first kappa shape index (κ1) is 29.2. The number of benzene rings is 2. The minimum absolute atomic E-state index is 0.294. The normalized spacial score (nSPS) is 13.7. The lowest BCUT2D eigenvalue weighted by Crippen LogP contribution is -2.40.